The van der Waals surface area contributed by atoms with Crippen LogP contribution in [0.15, 0.2) is 0 Å². The van der Waals surface area contributed by atoms with E-state index < -0.39 is 0 Å². The molecule has 0 radical (unpaired) electrons. The monoisotopic (exact) mass is 376 g/mol. The molecule has 0 aromatic heterocycles. The van der Waals surface area contributed by atoms with Gasteiger partial charge in [0, 0.05) is 69.4 Å². The number of hydrogen-bond acceptors (Lipinski definition) is 3. The van der Waals surface area contributed by atoms with Crippen molar-refractivity contribution >= 4 is 6.03 Å². The number of fused-ring (bicyclic) bond motifs is 1. The van der Waals surface area contributed by atoms with Gasteiger partial charge in [-0.2, -0.15) is 0 Å². The maximum absolute atomic E-state index is 13.0. The molecule has 2 spiro atoms. The van der Waals surface area contributed by atoms with Crippen LogP contribution >= 0.6 is 0 Å². The molecule has 2 saturated carbocycles. The van der Waals surface area contributed by atoms with E-state index in [1.165, 1.54) is 51.9 Å². The van der Waals surface area contributed by atoms with Crippen molar-refractivity contribution in [3.05, 3.63) is 0 Å². The first-order valence-corrected chi connectivity index (χ1v) is 11.3. The van der Waals surface area contributed by atoms with E-state index in [0.717, 1.165) is 25.4 Å². The Morgan fingerprint density at radius 2 is 1.74 bits per heavy atom. The van der Waals surface area contributed by atoms with E-state index in [4.69, 9.17) is 0 Å². The molecule has 0 bridgehead atoms. The second kappa shape index (κ2) is 6.91. The summed E-state index contributed by atoms with van der Waals surface area (Å²) in [5.74, 6) is 0.940. The Kier molecular flexibility index (Phi) is 4.99. The van der Waals surface area contributed by atoms with Gasteiger partial charge in [-0.05, 0) is 65.7 Å². The van der Waals surface area contributed by atoms with Crippen molar-refractivity contribution in [1.29, 1.82) is 0 Å². The molecular weight excluding hydrogens is 336 g/mol. The molecule has 2 aliphatic heterocycles. The highest BCUT2D eigenvalue weighted by Gasteiger charge is 2.65. The van der Waals surface area contributed by atoms with Crippen LogP contribution in [0.5, 0.6) is 0 Å². The Morgan fingerprint density at radius 1 is 1.04 bits per heavy atom. The fourth-order valence-corrected chi connectivity index (χ4v) is 5.60. The summed E-state index contributed by atoms with van der Waals surface area (Å²) >= 11 is 0. The normalized spacial score (nSPS) is 31.3. The molecule has 2 heterocycles. The molecule has 5 heteroatoms. The SMILES string of the molecule is CC(C)N1CCN(CC2CC2)C2(CCN(C(=O)N(C)C(C)C)CC23CC3)C1. The largest absolute Gasteiger partial charge is 0.325 e. The average molecular weight is 377 g/mol. The molecule has 5 nitrogen and oxygen atoms in total. The molecule has 2 amide bonds. The van der Waals surface area contributed by atoms with Gasteiger partial charge in [-0.3, -0.25) is 9.80 Å². The number of piperazine rings is 1. The van der Waals surface area contributed by atoms with Crippen molar-refractivity contribution in [3.8, 4) is 0 Å². The van der Waals surface area contributed by atoms with Crippen LogP contribution in [0.3, 0.4) is 0 Å². The van der Waals surface area contributed by atoms with E-state index in [0.29, 0.717) is 17.0 Å². The molecule has 2 saturated heterocycles. The van der Waals surface area contributed by atoms with E-state index in [-0.39, 0.29) is 12.1 Å². The van der Waals surface area contributed by atoms with Crippen LogP contribution < -0.4 is 0 Å². The molecule has 0 aromatic carbocycles. The molecule has 1 unspecified atom stereocenters. The highest BCUT2D eigenvalue weighted by molar-refractivity contribution is 5.74. The number of amides is 2. The van der Waals surface area contributed by atoms with Crippen LogP contribution in [-0.4, -0.2) is 89.6 Å². The van der Waals surface area contributed by atoms with E-state index in [1.54, 1.807) is 0 Å². The molecular formula is C22H40N4O. The Hall–Kier alpha value is -0.810. The van der Waals surface area contributed by atoms with Crippen LogP contribution in [-0.2, 0) is 0 Å². The standard InChI is InChI=1S/C22H40N4O/c1-17(2)23(5)20(27)25-11-10-22(21(15-25)8-9-21)16-24(18(3)4)12-13-26(22)14-19-6-7-19/h17-19H,6-16H2,1-5H3. The van der Waals surface area contributed by atoms with Gasteiger partial charge < -0.3 is 9.80 Å². The minimum atomic E-state index is 0.233. The van der Waals surface area contributed by atoms with Gasteiger partial charge in [0.25, 0.3) is 0 Å². The zero-order chi connectivity index (χ0) is 19.4. The Balaban J connectivity index is 1.56. The van der Waals surface area contributed by atoms with E-state index in [2.05, 4.69) is 42.4 Å². The molecule has 4 rings (SSSR count). The molecule has 4 aliphatic rings. The van der Waals surface area contributed by atoms with Gasteiger partial charge in [0.15, 0.2) is 0 Å². The number of piperidine rings is 1. The summed E-state index contributed by atoms with van der Waals surface area (Å²) in [6, 6.07) is 1.12. The zero-order valence-electron chi connectivity index (χ0n) is 18.2. The third kappa shape index (κ3) is 3.39. The third-order valence-corrected chi connectivity index (χ3v) is 8.11. The second-order valence-electron chi connectivity index (χ2n) is 10.4. The molecule has 4 fully saturated rings. The Bertz CT molecular complexity index is 569. The van der Waals surface area contributed by atoms with Gasteiger partial charge in [0.05, 0.1) is 0 Å². The lowest BCUT2D eigenvalue weighted by Crippen LogP contribution is -2.72. The zero-order valence-corrected chi connectivity index (χ0v) is 18.2. The maximum atomic E-state index is 13.0. The van der Waals surface area contributed by atoms with Crippen LogP contribution in [0, 0.1) is 11.3 Å². The summed E-state index contributed by atoms with van der Waals surface area (Å²) in [6.45, 7) is 15.7. The van der Waals surface area contributed by atoms with E-state index in [1.807, 2.05) is 11.9 Å². The van der Waals surface area contributed by atoms with Crippen LogP contribution in [0.25, 0.3) is 0 Å². The predicted molar refractivity (Wildman–Crippen MR) is 110 cm³/mol. The molecule has 2 aliphatic carbocycles. The molecule has 1 atom stereocenters. The summed E-state index contributed by atoms with van der Waals surface area (Å²) in [4.78, 5) is 22.7. The van der Waals surface area contributed by atoms with Crippen molar-refractivity contribution in [2.24, 2.45) is 11.3 Å². The lowest BCUT2D eigenvalue weighted by Gasteiger charge is -2.60. The maximum Gasteiger partial charge on any atom is 0.319 e. The summed E-state index contributed by atoms with van der Waals surface area (Å²) in [6.07, 6.45) is 6.61. The first-order valence-electron chi connectivity index (χ1n) is 11.3. The topological polar surface area (TPSA) is 30.0 Å². The van der Waals surface area contributed by atoms with Gasteiger partial charge in [0.1, 0.15) is 0 Å². The fourth-order valence-electron chi connectivity index (χ4n) is 5.60. The molecule has 0 aromatic rings. The summed E-state index contributed by atoms with van der Waals surface area (Å²) in [5, 5.41) is 0. The van der Waals surface area contributed by atoms with Crippen molar-refractivity contribution in [3.63, 3.8) is 0 Å². The average Bonchev–Trinajstić information content (AvgIpc) is 3.55. The highest BCUT2D eigenvalue weighted by atomic mass is 16.2. The number of rotatable bonds is 4. The Morgan fingerprint density at radius 3 is 2.30 bits per heavy atom. The molecule has 27 heavy (non-hydrogen) atoms. The van der Waals surface area contributed by atoms with Gasteiger partial charge in [-0.1, -0.05) is 0 Å². The molecule has 154 valence electrons. The first-order chi connectivity index (χ1) is 12.8. The minimum absolute atomic E-state index is 0.233. The van der Waals surface area contributed by atoms with E-state index in [9.17, 15) is 4.79 Å². The van der Waals surface area contributed by atoms with Crippen molar-refractivity contribution in [2.75, 3.05) is 46.3 Å². The van der Waals surface area contributed by atoms with Crippen LogP contribution in [0.1, 0.15) is 59.8 Å². The number of nitrogens with zero attached hydrogens (tertiary/aromatic N) is 4. The van der Waals surface area contributed by atoms with Crippen molar-refractivity contribution in [1.82, 2.24) is 19.6 Å². The van der Waals surface area contributed by atoms with Crippen molar-refractivity contribution in [2.45, 2.75) is 77.4 Å². The second-order valence-corrected chi connectivity index (χ2v) is 10.4. The number of hydrogen-bond donors (Lipinski definition) is 0. The number of carbonyl (C=O) groups is 1. The predicted octanol–water partition coefficient (Wildman–Crippen LogP) is 3.11. The number of likely N-dealkylation sites (tertiary alicyclic amines) is 1. The fraction of sp³-hybridized carbons (Fsp3) is 0.955. The molecule has 0 N–H and O–H groups in total. The van der Waals surface area contributed by atoms with Gasteiger partial charge >= 0.3 is 6.03 Å². The highest BCUT2D eigenvalue weighted by Crippen LogP contribution is 2.61. The van der Waals surface area contributed by atoms with Gasteiger partial charge in [-0.15, -0.1) is 0 Å². The lowest BCUT2D eigenvalue weighted by molar-refractivity contribution is -0.0946. The van der Waals surface area contributed by atoms with Gasteiger partial charge in [0.2, 0.25) is 0 Å². The lowest BCUT2D eigenvalue weighted by atomic mass is 9.71. The van der Waals surface area contributed by atoms with Gasteiger partial charge in [-0.25, -0.2) is 4.79 Å². The summed E-state index contributed by atoms with van der Waals surface area (Å²) < 4.78 is 0. The Labute approximate surface area is 166 Å². The number of urea groups is 1. The first kappa shape index (κ1) is 19.5. The third-order valence-electron chi connectivity index (χ3n) is 8.11. The minimum Gasteiger partial charge on any atom is -0.325 e. The quantitative estimate of drug-likeness (QED) is 0.755. The van der Waals surface area contributed by atoms with Crippen LogP contribution in [0.4, 0.5) is 4.79 Å². The number of carbonyl (C=O) groups excluding carboxylic acids is 1. The smallest absolute Gasteiger partial charge is 0.319 e. The van der Waals surface area contributed by atoms with E-state index >= 15 is 0 Å². The van der Waals surface area contributed by atoms with Crippen molar-refractivity contribution < 1.29 is 4.79 Å². The van der Waals surface area contributed by atoms with Crippen LogP contribution in [0.2, 0.25) is 0 Å². The summed E-state index contributed by atoms with van der Waals surface area (Å²) in [7, 11) is 1.96. The summed E-state index contributed by atoms with van der Waals surface area (Å²) in [5.41, 5.74) is 0.631.